The lowest BCUT2D eigenvalue weighted by atomic mass is 10.2. The van der Waals surface area contributed by atoms with Crippen LogP contribution in [0.3, 0.4) is 0 Å². The number of aromatic nitrogens is 2. The predicted molar refractivity (Wildman–Crippen MR) is 56.1 cm³/mol. The van der Waals surface area contributed by atoms with Gasteiger partial charge in [0.15, 0.2) is 0 Å². The second kappa shape index (κ2) is 4.57. The van der Waals surface area contributed by atoms with Gasteiger partial charge in [-0.15, -0.1) is 0 Å². The van der Waals surface area contributed by atoms with Crippen LogP contribution in [-0.4, -0.2) is 46.7 Å². The molecule has 0 bridgehead atoms. The monoisotopic (exact) mass is 194 g/mol. The Morgan fingerprint density at radius 2 is 2.43 bits per heavy atom. The molecule has 2 rings (SSSR count). The second-order valence-corrected chi connectivity index (χ2v) is 3.96. The van der Waals surface area contributed by atoms with Crippen LogP contribution in [0.25, 0.3) is 0 Å². The van der Waals surface area contributed by atoms with Gasteiger partial charge in [-0.3, -0.25) is 4.90 Å². The Morgan fingerprint density at radius 1 is 1.50 bits per heavy atom. The highest BCUT2D eigenvalue weighted by molar-refractivity contribution is 4.77. The average Bonchev–Trinajstić information content (AvgIpc) is 2.67. The van der Waals surface area contributed by atoms with Crippen LogP contribution in [0, 0.1) is 0 Å². The van der Waals surface area contributed by atoms with Gasteiger partial charge in [0.1, 0.15) is 0 Å². The first-order chi connectivity index (χ1) is 6.84. The largest absolute Gasteiger partial charge is 0.336 e. The van der Waals surface area contributed by atoms with Crippen LogP contribution in [0.4, 0.5) is 0 Å². The van der Waals surface area contributed by atoms with E-state index < -0.39 is 0 Å². The van der Waals surface area contributed by atoms with E-state index in [-0.39, 0.29) is 0 Å². The van der Waals surface area contributed by atoms with E-state index in [1.807, 2.05) is 18.7 Å². The summed E-state index contributed by atoms with van der Waals surface area (Å²) in [6.07, 6.45) is 5.73. The number of rotatable bonds is 3. The number of piperazine rings is 1. The molecule has 2 heterocycles. The van der Waals surface area contributed by atoms with Crippen molar-refractivity contribution in [1.29, 1.82) is 0 Å². The molecule has 1 saturated heterocycles. The van der Waals surface area contributed by atoms with Crippen LogP contribution in [0.1, 0.15) is 6.92 Å². The molecule has 1 unspecified atom stereocenters. The summed E-state index contributed by atoms with van der Waals surface area (Å²) >= 11 is 0. The van der Waals surface area contributed by atoms with Crippen molar-refractivity contribution in [2.24, 2.45) is 0 Å². The van der Waals surface area contributed by atoms with Gasteiger partial charge in [-0.05, 0) is 6.92 Å². The zero-order chi connectivity index (χ0) is 9.80. The Hall–Kier alpha value is -0.870. The Balaban J connectivity index is 1.75. The molecule has 14 heavy (non-hydrogen) atoms. The lowest BCUT2D eigenvalue weighted by Crippen LogP contribution is -2.49. The summed E-state index contributed by atoms with van der Waals surface area (Å²) in [6.45, 7) is 7.86. The van der Waals surface area contributed by atoms with E-state index in [1.165, 1.54) is 6.54 Å². The summed E-state index contributed by atoms with van der Waals surface area (Å²) in [7, 11) is 0. The van der Waals surface area contributed by atoms with Crippen LogP contribution in [0.15, 0.2) is 18.7 Å². The smallest absolute Gasteiger partial charge is 0.0946 e. The molecular weight excluding hydrogens is 176 g/mol. The highest BCUT2D eigenvalue weighted by Gasteiger charge is 2.14. The molecule has 78 valence electrons. The third-order valence-electron chi connectivity index (χ3n) is 2.69. The maximum atomic E-state index is 4.03. The van der Waals surface area contributed by atoms with Gasteiger partial charge in [0.05, 0.1) is 6.33 Å². The van der Waals surface area contributed by atoms with Crippen molar-refractivity contribution in [1.82, 2.24) is 19.8 Å². The van der Waals surface area contributed by atoms with E-state index in [2.05, 4.69) is 26.7 Å². The van der Waals surface area contributed by atoms with E-state index in [0.717, 1.165) is 26.2 Å². The third kappa shape index (κ3) is 2.56. The summed E-state index contributed by atoms with van der Waals surface area (Å²) < 4.78 is 2.13. The van der Waals surface area contributed by atoms with Gasteiger partial charge in [-0.1, -0.05) is 0 Å². The minimum absolute atomic E-state index is 0.631. The highest BCUT2D eigenvalue weighted by atomic mass is 15.2. The molecule has 1 N–H and O–H groups in total. The molecule has 0 saturated carbocycles. The van der Waals surface area contributed by atoms with Gasteiger partial charge in [0, 0.05) is 51.2 Å². The fraction of sp³-hybridized carbons (Fsp3) is 0.700. The molecule has 1 atom stereocenters. The van der Waals surface area contributed by atoms with Crippen molar-refractivity contribution in [2.75, 3.05) is 26.2 Å². The Bertz CT molecular complexity index is 257. The molecule has 0 aliphatic carbocycles. The number of nitrogens with zero attached hydrogens (tertiary/aromatic N) is 3. The first-order valence-corrected chi connectivity index (χ1v) is 5.26. The van der Waals surface area contributed by atoms with Gasteiger partial charge in [-0.2, -0.15) is 0 Å². The molecule has 0 amide bonds. The second-order valence-electron chi connectivity index (χ2n) is 3.96. The van der Waals surface area contributed by atoms with Crippen molar-refractivity contribution < 1.29 is 0 Å². The Labute approximate surface area is 84.9 Å². The lowest BCUT2D eigenvalue weighted by Gasteiger charge is -2.31. The number of nitrogens with one attached hydrogen (secondary N) is 1. The van der Waals surface area contributed by atoms with Crippen molar-refractivity contribution in [3.63, 3.8) is 0 Å². The standard InChI is InChI=1S/C10H18N4/c1-10-8-13(5-3-12-10)6-7-14-4-2-11-9-14/h2,4,9-10,12H,3,5-8H2,1H3. The number of hydrogen-bond acceptors (Lipinski definition) is 3. The van der Waals surface area contributed by atoms with Gasteiger partial charge in [-0.25, -0.2) is 4.98 Å². The Kier molecular flexibility index (Phi) is 3.16. The summed E-state index contributed by atoms with van der Waals surface area (Å²) in [5, 5.41) is 3.44. The van der Waals surface area contributed by atoms with E-state index >= 15 is 0 Å². The van der Waals surface area contributed by atoms with Gasteiger partial charge in [0.2, 0.25) is 0 Å². The molecule has 1 aromatic rings. The maximum Gasteiger partial charge on any atom is 0.0946 e. The van der Waals surface area contributed by atoms with Crippen LogP contribution in [0.2, 0.25) is 0 Å². The van der Waals surface area contributed by atoms with Crippen LogP contribution in [0.5, 0.6) is 0 Å². The number of imidazole rings is 1. The number of hydrogen-bond donors (Lipinski definition) is 1. The molecule has 4 heteroatoms. The first-order valence-electron chi connectivity index (χ1n) is 5.26. The maximum absolute atomic E-state index is 4.03. The zero-order valence-corrected chi connectivity index (χ0v) is 8.69. The molecule has 0 spiro atoms. The van der Waals surface area contributed by atoms with Crippen LogP contribution in [-0.2, 0) is 6.54 Å². The Morgan fingerprint density at radius 3 is 3.14 bits per heavy atom. The van der Waals surface area contributed by atoms with Crippen molar-refractivity contribution >= 4 is 0 Å². The van der Waals surface area contributed by atoms with E-state index in [9.17, 15) is 0 Å². The molecule has 0 aromatic carbocycles. The molecular formula is C10H18N4. The summed E-state index contributed by atoms with van der Waals surface area (Å²) in [4.78, 5) is 6.53. The fourth-order valence-electron chi connectivity index (χ4n) is 1.89. The molecule has 1 aliphatic rings. The fourth-order valence-corrected chi connectivity index (χ4v) is 1.89. The molecule has 1 fully saturated rings. The van der Waals surface area contributed by atoms with Crippen molar-refractivity contribution in [2.45, 2.75) is 19.5 Å². The summed E-state index contributed by atoms with van der Waals surface area (Å²) in [5.74, 6) is 0. The topological polar surface area (TPSA) is 33.1 Å². The minimum Gasteiger partial charge on any atom is -0.336 e. The third-order valence-corrected chi connectivity index (χ3v) is 2.69. The van der Waals surface area contributed by atoms with Gasteiger partial charge < -0.3 is 9.88 Å². The van der Waals surface area contributed by atoms with E-state index in [0.29, 0.717) is 6.04 Å². The molecule has 4 nitrogen and oxygen atoms in total. The van der Waals surface area contributed by atoms with E-state index in [4.69, 9.17) is 0 Å². The molecule has 1 aliphatic heterocycles. The van der Waals surface area contributed by atoms with Crippen LogP contribution >= 0.6 is 0 Å². The van der Waals surface area contributed by atoms with Gasteiger partial charge >= 0.3 is 0 Å². The summed E-state index contributed by atoms with van der Waals surface area (Å²) in [5.41, 5.74) is 0. The highest BCUT2D eigenvalue weighted by Crippen LogP contribution is 1.98. The van der Waals surface area contributed by atoms with Gasteiger partial charge in [0.25, 0.3) is 0 Å². The summed E-state index contributed by atoms with van der Waals surface area (Å²) in [6, 6.07) is 0.631. The molecule has 1 aromatic heterocycles. The van der Waals surface area contributed by atoms with Crippen LogP contribution < -0.4 is 5.32 Å². The van der Waals surface area contributed by atoms with E-state index in [1.54, 1.807) is 0 Å². The lowest BCUT2D eigenvalue weighted by molar-refractivity contribution is 0.200. The average molecular weight is 194 g/mol. The van der Waals surface area contributed by atoms with Crippen molar-refractivity contribution in [3.8, 4) is 0 Å². The first kappa shape index (κ1) is 9.68. The SMILES string of the molecule is CC1CN(CCn2ccnc2)CCN1. The zero-order valence-electron chi connectivity index (χ0n) is 8.69. The normalized spacial score (nSPS) is 23.9. The van der Waals surface area contributed by atoms with Crippen molar-refractivity contribution in [3.05, 3.63) is 18.7 Å². The minimum atomic E-state index is 0.631. The quantitative estimate of drug-likeness (QED) is 0.745. The molecule has 0 radical (unpaired) electrons. The predicted octanol–water partition coefficient (Wildman–Crippen LogP) is 0.177.